The van der Waals surface area contributed by atoms with Crippen molar-refractivity contribution < 1.29 is 9.90 Å². The van der Waals surface area contributed by atoms with Gasteiger partial charge in [-0.05, 0) is 56.1 Å². The Hall–Kier alpha value is -1.26. The summed E-state index contributed by atoms with van der Waals surface area (Å²) in [6.45, 7) is 10.1. The second-order valence-electron chi connectivity index (χ2n) is 7.14. The molecule has 0 aromatic carbocycles. The van der Waals surface area contributed by atoms with E-state index in [9.17, 15) is 4.79 Å². The van der Waals surface area contributed by atoms with E-state index in [2.05, 4.69) is 25.8 Å². The Morgan fingerprint density at radius 3 is 2.65 bits per heavy atom. The van der Waals surface area contributed by atoms with Crippen LogP contribution in [-0.2, 0) is 12.8 Å². The lowest BCUT2D eigenvalue weighted by molar-refractivity contribution is 0.101. The van der Waals surface area contributed by atoms with Gasteiger partial charge >= 0.3 is 0 Å². The number of fused-ring (bicyclic) bond motifs is 1. The number of aliphatic hydroxyl groups is 1. The molecule has 0 radical (unpaired) electrons. The zero-order chi connectivity index (χ0) is 17.2. The third kappa shape index (κ3) is 3.99. The summed E-state index contributed by atoms with van der Waals surface area (Å²) in [5, 5.41) is 9.11. The molecule has 126 valence electrons. The van der Waals surface area contributed by atoms with Gasteiger partial charge in [0, 0.05) is 27.2 Å². The van der Waals surface area contributed by atoms with Gasteiger partial charge in [-0.2, -0.15) is 0 Å². The first-order valence-corrected chi connectivity index (χ1v) is 9.09. The molecule has 0 spiro atoms. The van der Waals surface area contributed by atoms with E-state index >= 15 is 0 Å². The summed E-state index contributed by atoms with van der Waals surface area (Å²) in [5.74, 6) is 0.150. The molecule has 0 saturated carbocycles. The number of aryl methyl sites for hydroxylation is 1. The van der Waals surface area contributed by atoms with E-state index in [1.165, 1.54) is 16.9 Å². The van der Waals surface area contributed by atoms with Crippen LogP contribution in [0.4, 0.5) is 0 Å². The predicted molar refractivity (Wildman–Crippen MR) is 98.6 cm³/mol. The number of nitrogens with zero attached hydrogens (tertiary/aromatic N) is 1. The monoisotopic (exact) mass is 333 g/mol. The molecule has 1 aromatic rings. The first-order chi connectivity index (χ1) is 10.8. The molecule has 4 heteroatoms. The fraction of sp³-hybridized carbons (Fsp3) is 0.579. The van der Waals surface area contributed by atoms with Crippen LogP contribution >= 0.6 is 11.3 Å². The number of carbonyl (C=O) groups excluding carboxylic acids is 1. The highest BCUT2D eigenvalue weighted by Gasteiger charge is 2.32. The Labute approximate surface area is 143 Å². The van der Waals surface area contributed by atoms with E-state index in [0.29, 0.717) is 5.71 Å². The van der Waals surface area contributed by atoms with Crippen LogP contribution in [0.1, 0.15) is 73.1 Å². The van der Waals surface area contributed by atoms with Gasteiger partial charge in [-0.25, -0.2) is 0 Å². The van der Waals surface area contributed by atoms with Crippen LogP contribution in [0.2, 0.25) is 0 Å². The number of hydrogen-bond donors (Lipinski definition) is 1. The van der Waals surface area contributed by atoms with E-state index in [1.807, 2.05) is 6.20 Å². The Morgan fingerprint density at radius 1 is 1.39 bits per heavy atom. The summed E-state index contributed by atoms with van der Waals surface area (Å²) >= 11 is 1.76. The molecular weight excluding hydrogens is 306 g/mol. The topological polar surface area (TPSA) is 49.7 Å². The van der Waals surface area contributed by atoms with Gasteiger partial charge in [-0.15, -0.1) is 11.3 Å². The summed E-state index contributed by atoms with van der Waals surface area (Å²) < 4.78 is 0. The Kier molecular flexibility index (Phi) is 5.58. The van der Waals surface area contributed by atoms with Crippen LogP contribution in [0.5, 0.6) is 0 Å². The quantitative estimate of drug-likeness (QED) is 0.629. The molecule has 1 aliphatic rings. The molecule has 0 atom stereocenters. The van der Waals surface area contributed by atoms with Crippen molar-refractivity contribution in [1.29, 1.82) is 0 Å². The van der Waals surface area contributed by atoms with Crippen molar-refractivity contribution in [2.75, 3.05) is 6.61 Å². The highest BCUT2D eigenvalue weighted by atomic mass is 32.1. The zero-order valence-electron chi connectivity index (χ0n) is 14.8. The second kappa shape index (κ2) is 7.10. The third-order valence-corrected chi connectivity index (χ3v) is 5.84. The Morgan fingerprint density at radius 2 is 2.09 bits per heavy atom. The van der Waals surface area contributed by atoms with Gasteiger partial charge in [-0.1, -0.05) is 20.8 Å². The lowest BCUT2D eigenvalue weighted by Gasteiger charge is -2.29. The van der Waals surface area contributed by atoms with Crippen LogP contribution in [0.15, 0.2) is 11.2 Å². The summed E-state index contributed by atoms with van der Waals surface area (Å²) in [7, 11) is 0. The highest BCUT2D eigenvalue weighted by Crippen LogP contribution is 2.44. The van der Waals surface area contributed by atoms with E-state index < -0.39 is 0 Å². The van der Waals surface area contributed by atoms with Crippen molar-refractivity contribution in [1.82, 2.24) is 0 Å². The third-order valence-electron chi connectivity index (χ3n) is 4.47. The van der Waals surface area contributed by atoms with Crippen LogP contribution < -0.4 is 0 Å². The fourth-order valence-electron chi connectivity index (χ4n) is 3.06. The lowest BCUT2D eigenvalue weighted by atomic mass is 9.75. The zero-order valence-corrected chi connectivity index (χ0v) is 15.6. The Balaban J connectivity index is 2.55. The SMILES string of the molecule is CC/C(=C\N=C(C)CO)c1sc2c(c1C(C)=O)CC(C)(C)CC2. The van der Waals surface area contributed by atoms with Crippen molar-refractivity contribution in [3.63, 3.8) is 0 Å². The van der Waals surface area contributed by atoms with Gasteiger partial charge in [0.2, 0.25) is 0 Å². The molecule has 1 aromatic heterocycles. The highest BCUT2D eigenvalue weighted by molar-refractivity contribution is 7.13. The minimum absolute atomic E-state index is 0.0395. The number of aliphatic imine (C=N–C) groups is 1. The standard InChI is InChI=1S/C19H27NO2S/c1-6-14(10-20-12(2)11-21)18-17(13(3)22)15-9-19(4,5)8-7-16(15)23-18/h10,21H,6-9,11H2,1-5H3/b14-10+,20-12?. The number of carbonyl (C=O) groups is 1. The molecule has 0 unspecified atom stereocenters. The first kappa shape index (κ1) is 18.1. The largest absolute Gasteiger partial charge is 0.390 e. The molecular formula is C19H27NO2S. The number of thiophene rings is 1. The molecule has 3 nitrogen and oxygen atoms in total. The maximum absolute atomic E-state index is 12.3. The fourth-order valence-corrected chi connectivity index (χ4v) is 4.50. The van der Waals surface area contributed by atoms with Crippen LogP contribution in [0.3, 0.4) is 0 Å². The molecule has 0 saturated heterocycles. The summed E-state index contributed by atoms with van der Waals surface area (Å²) in [6.07, 6.45) is 5.85. The number of allylic oxidation sites excluding steroid dienone is 1. The van der Waals surface area contributed by atoms with Crippen LogP contribution in [0.25, 0.3) is 5.57 Å². The average molecular weight is 333 g/mol. The second-order valence-corrected chi connectivity index (χ2v) is 8.24. The van der Waals surface area contributed by atoms with Crippen LogP contribution in [0, 0.1) is 5.41 Å². The lowest BCUT2D eigenvalue weighted by Crippen LogP contribution is -2.22. The maximum atomic E-state index is 12.3. The molecule has 2 rings (SSSR count). The van der Waals surface area contributed by atoms with Gasteiger partial charge in [0.05, 0.1) is 6.61 Å². The van der Waals surface area contributed by atoms with Gasteiger partial charge in [0.25, 0.3) is 0 Å². The van der Waals surface area contributed by atoms with Crippen molar-refractivity contribution in [2.45, 2.75) is 60.3 Å². The van der Waals surface area contributed by atoms with E-state index in [-0.39, 0.29) is 17.8 Å². The number of rotatable bonds is 5. The number of aliphatic hydroxyl groups excluding tert-OH is 1. The van der Waals surface area contributed by atoms with E-state index in [0.717, 1.165) is 35.3 Å². The number of ketones is 1. The maximum Gasteiger partial charge on any atom is 0.161 e. The molecule has 1 heterocycles. The summed E-state index contributed by atoms with van der Waals surface area (Å²) in [6, 6.07) is 0. The molecule has 0 fully saturated rings. The van der Waals surface area contributed by atoms with Crippen molar-refractivity contribution in [3.8, 4) is 0 Å². The van der Waals surface area contributed by atoms with Gasteiger partial charge in [-0.3, -0.25) is 9.79 Å². The number of hydrogen-bond acceptors (Lipinski definition) is 4. The van der Waals surface area contributed by atoms with Gasteiger partial charge in [0.15, 0.2) is 5.78 Å². The van der Waals surface area contributed by atoms with Crippen LogP contribution in [-0.4, -0.2) is 23.2 Å². The molecule has 0 amide bonds. The van der Waals surface area contributed by atoms with Crippen molar-refractivity contribution in [2.24, 2.45) is 10.4 Å². The average Bonchev–Trinajstić information content (AvgIpc) is 2.84. The molecule has 0 aliphatic heterocycles. The van der Waals surface area contributed by atoms with Gasteiger partial charge in [0.1, 0.15) is 0 Å². The number of Topliss-reactive ketones (excluding diaryl/α,β-unsaturated/α-hetero) is 1. The summed E-state index contributed by atoms with van der Waals surface area (Å²) in [4.78, 5) is 19.1. The Bertz CT molecular complexity index is 665. The predicted octanol–water partition coefficient (Wildman–Crippen LogP) is 4.67. The van der Waals surface area contributed by atoms with Crippen molar-refractivity contribution >= 4 is 28.4 Å². The first-order valence-electron chi connectivity index (χ1n) is 8.28. The molecule has 1 N–H and O–H groups in total. The van der Waals surface area contributed by atoms with Gasteiger partial charge < -0.3 is 5.11 Å². The molecule has 23 heavy (non-hydrogen) atoms. The molecule has 0 bridgehead atoms. The smallest absolute Gasteiger partial charge is 0.161 e. The molecule has 1 aliphatic carbocycles. The minimum atomic E-state index is -0.0395. The van der Waals surface area contributed by atoms with E-state index in [4.69, 9.17) is 5.11 Å². The normalized spacial score (nSPS) is 18.0. The van der Waals surface area contributed by atoms with E-state index in [1.54, 1.807) is 25.2 Å². The summed E-state index contributed by atoms with van der Waals surface area (Å²) in [5.41, 5.74) is 4.19. The minimum Gasteiger partial charge on any atom is -0.390 e. The van der Waals surface area contributed by atoms with Crippen molar-refractivity contribution in [3.05, 3.63) is 27.1 Å².